The molecular weight excluding hydrogens is 254 g/mol. The number of aromatic nitrogens is 4. The maximum absolute atomic E-state index is 5.67. The minimum atomic E-state index is 0.143. The molecule has 2 rings (SSSR count). The first-order chi connectivity index (χ1) is 9.72. The molecule has 1 atom stereocenters. The highest BCUT2D eigenvalue weighted by Crippen LogP contribution is 2.21. The minimum Gasteiger partial charge on any atom is -0.494 e. The Kier molecular flexibility index (Phi) is 5.06. The third-order valence-electron chi connectivity index (χ3n) is 3.02. The fourth-order valence-corrected chi connectivity index (χ4v) is 2.02. The predicted molar refractivity (Wildman–Crippen MR) is 76.5 cm³/mol. The third-order valence-corrected chi connectivity index (χ3v) is 3.02. The summed E-state index contributed by atoms with van der Waals surface area (Å²) in [6.45, 7) is 2.83. The highest BCUT2D eigenvalue weighted by Gasteiger charge is 2.14. The van der Waals surface area contributed by atoms with Crippen molar-refractivity contribution in [1.29, 1.82) is 0 Å². The number of tetrazole rings is 1. The van der Waals surface area contributed by atoms with E-state index in [1.54, 1.807) is 7.05 Å². The Bertz CT molecular complexity index is 540. The van der Waals surface area contributed by atoms with Crippen LogP contribution in [0.4, 0.5) is 0 Å². The lowest BCUT2D eigenvalue weighted by molar-refractivity contribution is 0.316. The van der Waals surface area contributed by atoms with Gasteiger partial charge in [0.05, 0.1) is 13.7 Å². The molecule has 2 aromatic rings. The maximum Gasteiger partial charge on any atom is 0.176 e. The SMILES string of the molecule is CCCOc1cccc(C(Cc2nnn(C)n2)NC)c1. The van der Waals surface area contributed by atoms with Crippen LogP contribution in [0.3, 0.4) is 0 Å². The number of ether oxygens (including phenoxy) is 1. The van der Waals surface area contributed by atoms with E-state index in [-0.39, 0.29) is 6.04 Å². The minimum absolute atomic E-state index is 0.143. The Labute approximate surface area is 119 Å². The molecule has 0 saturated heterocycles. The number of benzene rings is 1. The summed E-state index contributed by atoms with van der Waals surface area (Å²) in [5, 5.41) is 15.4. The number of nitrogens with zero attached hydrogens (tertiary/aromatic N) is 4. The van der Waals surface area contributed by atoms with Crippen molar-refractivity contribution in [3.8, 4) is 5.75 Å². The van der Waals surface area contributed by atoms with Gasteiger partial charge in [-0.2, -0.15) is 4.80 Å². The zero-order valence-electron chi connectivity index (χ0n) is 12.2. The fourth-order valence-electron chi connectivity index (χ4n) is 2.02. The van der Waals surface area contributed by atoms with Crippen LogP contribution in [0.15, 0.2) is 24.3 Å². The molecule has 0 aliphatic carbocycles. The van der Waals surface area contributed by atoms with Gasteiger partial charge in [-0.3, -0.25) is 0 Å². The van der Waals surface area contributed by atoms with Crippen molar-refractivity contribution in [3.63, 3.8) is 0 Å². The Morgan fingerprint density at radius 3 is 2.90 bits per heavy atom. The van der Waals surface area contributed by atoms with Gasteiger partial charge in [0.25, 0.3) is 0 Å². The van der Waals surface area contributed by atoms with Gasteiger partial charge in [0.15, 0.2) is 5.82 Å². The van der Waals surface area contributed by atoms with Crippen LogP contribution in [0.25, 0.3) is 0 Å². The number of hydrogen-bond acceptors (Lipinski definition) is 5. The molecule has 0 spiro atoms. The van der Waals surface area contributed by atoms with E-state index in [1.165, 1.54) is 4.80 Å². The molecule has 0 aliphatic rings. The zero-order chi connectivity index (χ0) is 14.4. The molecule has 0 amide bonds. The van der Waals surface area contributed by atoms with Crippen LogP contribution in [0, 0.1) is 0 Å². The van der Waals surface area contributed by atoms with Gasteiger partial charge in [-0.15, -0.1) is 10.2 Å². The fraction of sp³-hybridized carbons (Fsp3) is 0.500. The molecule has 0 bridgehead atoms. The summed E-state index contributed by atoms with van der Waals surface area (Å²) in [6, 6.07) is 8.27. The van der Waals surface area contributed by atoms with Gasteiger partial charge < -0.3 is 10.1 Å². The van der Waals surface area contributed by atoms with E-state index in [4.69, 9.17) is 4.74 Å². The molecule has 0 aliphatic heterocycles. The van der Waals surface area contributed by atoms with Gasteiger partial charge in [-0.05, 0) is 36.4 Å². The highest BCUT2D eigenvalue weighted by molar-refractivity contribution is 5.31. The molecule has 1 aromatic heterocycles. The smallest absolute Gasteiger partial charge is 0.176 e. The highest BCUT2D eigenvalue weighted by atomic mass is 16.5. The van der Waals surface area contributed by atoms with Gasteiger partial charge in [0.2, 0.25) is 0 Å². The average Bonchev–Trinajstić information content (AvgIpc) is 2.88. The van der Waals surface area contributed by atoms with Gasteiger partial charge >= 0.3 is 0 Å². The van der Waals surface area contributed by atoms with Crippen LogP contribution in [0.2, 0.25) is 0 Å². The van der Waals surface area contributed by atoms with Gasteiger partial charge in [-0.1, -0.05) is 19.1 Å². The van der Waals surface area contributed by atoms with E-state index in [9.17, 15) is 0 Å². The quantitative estimate of drug-likeness (QED) is 0.829. The molecule has 0 fully saturated rings. The second-order valence-electron chi connectivity index (χ2n) is 4.66. The van der Waals surface area contributed by atoms with Crippen molar-refractivity contribution in [2.75, 3.05) is 13.7 Å². The summed E-state index contributed by atoms with van der Waals surface area (Å²) in [7, 11) is 3.70. The summed E-state index contributed by atoms with van der Waals surface area (Å²) in [5.41, 5.74) is 1.16. The Morgan fingerprint density at radius 1 is 1.40 bits per heavy atom. The topological polar surface area (TPSA) is 64.9 Å². The van der Waals surface area contributed by atoms with E-state index in [0.717, 1.165) is 30.2 Å². The van der Waals surface area contributed by atoms with E-state index < -0.39 is 0 Å². The summed E-state index contributed by atoms with van der Waals surface area (Å²) in [4.78, 5) is 1.48. The van der Waals surface area contributed by atoms with Crippen molar-refractivity contribution >= 4 is 0 Å². The molecule has 6 nitrogen and oxygen atoms in total. The molecular formula is C14H21N5O. The summed E-state index contributed by atoms with van der Waals surface area (Å²) < 4.78 is 5.67. The molecule has 1 unspecified atom stereocenters. The Balaban J connectivity index is 2.10. The van der Waals surface area contributed by atoms with E-state index in [1.807, 2.05) is 19.2 Å². The van der Waals surface area contributed by atoms with Crippen molar-refractivity contribution in [2.24, 2.45) is 7.05 Å². The van der Waals surface area contributed by atoms with Crippen LogP contribution in [0.5, 0.6) is 5.75 Å². The number of rotatable bonds is 7. The van der Waals surface area contributed by atoms with Crippen molar-refractivity contribution in [2.45, 2.75) is 25.8 Å². The van der Waals surface area contributed by atoms with Crippen LogP contribution >= 0.6 is 0 Å². The first-order valence-electron chi connectivity index (χ1n) is 6.85. The Morgan fingerprint density at radius 2 is 2.25 bits per heavy atom. The molecule has 108 valence electrons. The second kappa shape index (κ2) is 7.00. The standard InChI is InChI=1S/C14H21N5O/c1-4-8-20-12-7-5-6-11(9-12)13(15-2)10-14-16-18-19(3)17-14/h5-7,9,13,15H,4,8,10H2,1-3H3. The van der Waals surface area contributed by atoms with Crippen LogP contribution in [-0.4, -0.2) is 33.9 Å². The number of hydrogen-bond donors (Lipinski definition) is 1. The van der Waals surface area contributed by atoms with Crippen molar-refractivity contribution in [3.05, 3.63) is 35.7 Å². The molecule has 1 heterocycles. The predicted octanol–water partition coefficient (Wildman–Crippen LogP) is 1.50. The van der Waals surface area contributed by atoms with Crippen molar-refractivity contribution in [1.82, 2.24) is 25.5 Å². The lowest BCUT2D eigenvalue weighted by Gasteiger charge is -2.16. The normalized spacial score (nSPS) is 12.3. The van der Waals surface area contributed by atoms with E-state index in [0.29, 0.717) is 6.42 Å². The summed E-state index contributed by atoms with van der Waals surface area (Å²) in [5.74, 6) is 1.63. The van der Waals surface area contributed by atoms with Crippen LogP contribution in [0.1, 0.15) is 30.8 Å². The second-order valence-corrected chi connectivity index (χ2v) is 4.66. The molecule has 0 radical (unpaired) electrons. The monoisotopic (exact) mass is 275 g/mol. The Hall–Kier alpha value is -1.95. The summed E-state index contributed by atoms with van der Waals surface area (Å²) in [6.07, 6.45) is 1.70. The molecule has 1 N–H and O–H groups in total. The molecule has 1 aromatic carbocycles. The van der Waals surface area contributed by atoms with Crippen LogP contribution < -0.4 is 10.1 Å². The first kappa shape index (κ1) is 14.5. The van der Waals surface area contributed by atoms with Crippen LogP contribution in [-0.2, 0) is 13.5 Å². The average molecular weight is 275 g/mol. The summed E-state index contributed by atoms with van der Waals surface area (Å²) >= 11 is 0. The maximum atomic E-state index is 5.67. The van der Waals surface area contributed by atoms with E-state index >= 15 is 0 Å². The largest absolute Gasteiger partial charge is 0.494 e. The van der Waals surface area contributed by atoms with E-state index in [2.05, 4.69) is 39.8 Å². The molecule has 20 heavy (non-hydrogen) atoms. The van der Waals surface area contributed by atoms with Crippen molar-refractivity contribution < 1.29 is 4.74 Å². The van der Waals surface area contributed by atoms with Gasteiger partial charge in [0.1, 0.15) is 5.75 Å². The van der Waals surface area contributed by atoms with Gasteiger partial charge in [-0.25, -0.2) is 0 Å². The van der Waals surface area contributed by atoms with Gasteiger partial charge in [0, 0.05) is 12.5 Å². The lowest BCUT2D eigenvalue weighted by atomic mass is 10.0. The zero-order valence-corrected chi connectivity index (χ0v) is 12.2. The lowest BCUT2D eigenvalue weighted by Crippen LogP contribution is -2.19. The molecule has 0 saturated carbocycles. The number of aryl methyl sites for hydroxylation is 1. The third kappa shape index (κ3) is 3.77. The molecule has 6 heteroatoms. The number of likely N-dealkylation sites (N-methyl/N-ethyl adjacent to an activating group) is 1. The first-order valence-corrected chi connectivity index (χ1v) is 6.85. The number of nitrogens with one attached hydrogen (secondary N) is 1.